The zero-order valence-corrected chi connectivity index (χ0v) is 10.1. The normalized spacial score (nSPS) is 12.3. The summed E-state index contributed by atoms with van der Waals surface area (Å²) in [6.07, 6.45) is -1.68. The molecule has 3 nitrogen and oxygen atoms in total. The van der Waals surface area contributed by atoms with Gasteiger partial charge in [-0.15, -0.1) is 0 Å². The van der Waals surface area contributed by atoms with Gasteiger partial charge >= 0.3 is 17.8 Å². The third-order valence-electron chi connectivity index (χ3n) is 2.40. The minimum atomic E-state index is -4.53. The van der Waals surface area contributed by atoms with Crippen LogP contribution in [-0.4, -0.2) is 18.5 Å². The van der Waals surface area contributed by atoms with Crippen molar-refractivity contribution in [1.82, 2.24) is 0 Å². The lowest BCUT2D eigenvalue weighted by atomic mass is 9.99. The first-order valence-electron chi connectivity index (χ1n) is 5.48. The topological polar surface area (TPSA) is 52.3 Å². The molecule has 0 aromatic heterocycles. The van der Waals surface area contributed by atoms with Crippen molar-refractivity contribution < 1.29 is 27.1 Å². The van der Waals surface area contributed by atoms with E-state index in [1.165, 1.54) is 6.92 Å². The van der Waals surface area contributed by atoms with Crippen LogP contribution in [0.1, 0.15) is 18.9 Å². The summed E-state index contributed by atoms with van der Waals surface area (Å²) in [4.78, 5) is 10.9. The molecule has 0 atom stereocenters. The summed E-state index contributed by atoms with van der Waals surface area (Å²) < 4.78 is 58.5. The van der Waals surface area contributed by atoms with Crippen molar-refractivity contribution >= 4 is 11.7 Å². The Labute approximate surface area is 107 Å². The van der Waals surface area contributed by atoms with Crippen LogP contribution in [0.25, 0.3) is 0 Å². The van der Waals surface area contributed by atoms with E-state index in [1.807, 2.05) is 0 Å². The van der Waals surface area contributed by atoms with Gasteiger partial charge in [0.1, 0.15) is 6.42 Å². The van der Waals surface area contributed by atoms with Gasteiger partial charge in [-0.25, -0.2) is 0 Å². The molecule has 1 rings (SSSR count). The van der Waals surface area contributed by atoms with Gasteiger partial charge in [0.15, 0.2) is 0 Å². The number of nitrogen functional groups attached to an aromatic ring is 1. The van der Waals surface area contributed by atoms with Gasteiger partial charge in [0.05, 0.1) is 6.61 Å². The number of anilines is 1. The third-order valence-corrected chi connectivity index (χ3v) is 2.40. The van der Waals surface area contributed by atoms with Gasteiger partial charge in [0.2, 0.25) is 0 Å². The highest BCUT2D eigenvalue weighted by molar-refractivity contribution is 5.70. The molecule has 0 saturated heterocycles. The molecule has 19 heavy (non-hydrogen) atoms. The largest absolute Gasteiger partial charge is 0.466 e. The summed E-state index contributed by atoms with van der Waals surface area (Å²) in [5.74, 6) is -10.4. The lowest BCUT2D eigenvalue weighted by Crippen LogP contribution is -2.40. The molecular weight excluding hydrogens is 266 g/mol. The summed E-state index contributed by atoms with van der Waals surface area (Å²) >= 11 is 0. The van der Waals surface area contributed by atoms with Crippen LogP contribution in [0.15, 0.2) is 24.3 Å². The fourth-order valence-corrected chi connectivity index (χ4v) is 1.41. The molecule has 7 heteroatoms. The molecule has 0 bridgehead atoms. The van der Waals surface area contributed by atoms with E-state index in [1.54, 1.807) is 0 Å². The molecule has 0 saturated carbocycles. The Morgan fingerprint density at radius 1 is 1.21 bits per heavy atom. The fourth-order valence-electron chi connectivity index (χ4n) is 1.41. The molecule has 106 valence electrons. The maximum atomic E-state index is 13.7. The van der Waals surface area contributed by atoms with Crippen molar-refractivity contribution in [3.8, 4) is 0 Å². The molecule has 0 heterocycles. The molecular formula is C12H13F4NO2. The van der Waals surface area contributed by atoms with E-state index in [-0.39, 0.29) is 12.3 Å². The van der Waals surface area contributed by atoms with Crippen LogP contribution in [0.4, 0.5) is 23.2 Å². The number of nitrogens with two attached hydrogens (primary N) is 1. The van der Waals surface area contributed by atoms with E-state index in [9.17, 15) is 22.4 Å². The van der Waals surface area contributed by atoms with Crippen LogP contribution in [0.3, 0.4) is 0 Å². The Morgan fingerprint density at radius 3 is 2.21 bits per heavy atom. The van der Waals surface area contributed by atoms with Crippen LogP contribution < -0.4 is 5.73 Å². The second-order valence-electron chi connectivity index (χ2n) is 3.88. The summed E-state index contributed by atoms with van der Waals surface area (Å²) in [6, 6.07) is 3.77. The monoisotopic (exact) mass is 279 g/mol. The maximum Gasteiger partial charge on any atom is 0.335 e. The van der Waals surface area contributed by atoms with Gasteiger partial charge in [0.25, 0.3) is 0 Å². The Bertz CT molecular complexity index is 446. The molecule has 0 aliphatic heterocycles. The number of carbonyl (C=O) groups excluding carboxylic acids is 1. The molecule has 1 aromatic rings. The number of ether oxygens (including phenoxy) is 1. The number of hydrogen-bond donors (Lipinski definition) is 1. The molecule has 0 amide bonds. The van der Waals surface area contributed by atoms with Gasteiger partial charge in [-0.05, 0) is 19.1 Å². The van der Waals surface area contributed by atoms with Crippen LogP contribution in [0.5, 0.6) is 0 Å². The standard InChI is InChI=1S/C12H13F4NO2/c1-2-19-10(18)7-11(13,14)12(15,16)8-3-5-9(17)6-4-8/h3-6H,2,7,17H2,1H3. The minimum Gasteiger partial charge on any atom is -0.466 e. The predicted molar refractivity (Wildman–Crippen MR) is 60.9 cm³/mol. The van der Waals surface area contributed by atoms with E-state index >= 15 is 0 Å². The Balaban J connectivity index is 2.96. The van der Waals surface area contributed by atoms with Gasteiger partial charge in [0, 0.05) is 11.3 Å². The molecule has 1 aromatic carbocycles. The first-order chi connectivity index (χ1) is 8.70. The molecule has 0 aliphatic rings. The average Bonchev–Trinajstić information content (AvgIpc) is 2.28. The number of rotatable bonds is 5. The zero-order chi connectivity index (χ0) is 14.7. The highest BCUT2D eigenvalue weighted by atomic mass is 19.3. The van der Waals surface area contributed by atoms with E-state index in [4.69, 9.17) is 5.73 Å². The van der Waals surface area contributed by atoms with Crippen LogP contribution >= 0.6 is 0 Å². The quantitative estimate of drug-likeness (QED) is 0.512. The van der Waals surface area contributed by atoms with E-state index < -0.39 is 29.8 Å². The number of alkyl halides is 4. The fraction of sp³-hybridized carbons (Fsp3) is 0.417. The van der Waals surface area contributed by atoms with E-state index in [2.05, 4.69) is 4.74 Å². The highest BCUT2D eigenvalue weighted by Crippen LogP contribution is 2.45. The van der Waals surface area contributed by atoms with Gasteiger partial charge in [-0.1, -0.05) is 12.1 Å². The van der Waals surface area contributed by atoms with Crippen molar-refractivity contribution in [1.29, 1.82) is 0 Å². The van der Waals surface area contributed by atoms with Crippen molar-refractivity contribution in [2.24, 2.45) is 0 Å². The molecule has 0 spiro atoms. The summed E-state index contributed by atoms with van der Waals surface area (Å²) in [5.41, 5.74) is 4.56. The third kappa shape index (κ3) is 3.36. The van der Waals surface area contributed by atoms with Crippen LogP contribution in [0, 0.1) is 0 Å². The number of halogens is 4. The molecule has 0 unspecified atom stereocenters. The first kappa shape index (κ1) is 15.3. The minimum absolute atomic E-state index is 0.150. The van der Waals surface area contributed by atoms with Crippen LogP contribution in [-0.2, 0) is 15.5 Å². The van der Waals surface area contributed by atoms with Crippen molar-refractivity contribution in [2.45, 2.75) is 25.2 Å². The van der Waals surface area contributed by atoms with Gasteiger partial charge in [-0.2, -0.15) is 17.6 Å². The summed E-state index contributed by atoms with van der Waals surface area (Å²) in [6.45, 7) is 1.25. The average molecular weight is 279 g/mol. The summed E-state index contributed by atoms with van der Waals surface area (Å²) in [5, 5.41) is 0. The predicted octanol–water partition coefficient (Wildman–Crippen LogP) is 2.95. The van der Waals surface area contributed by atoms with Crippen LogP contribution in [0.2, 0.25) is 0 Å². The highest BCUT2D eigenvalue weighted by Gasteiger charge is 2.58. The second-order valence-corrected chi connectivity index (χ2v) is 3.88. The molecule has 0 aliphatic carbocycles. The second kappa shape index (κ2) is 5.46. The molecule has 2 N–H and O–H groups in total. The molecule has 0 radical (unpaired) electrons. The number of hydrogen-bond acceptors (Lipinski definition) is 3. The SMILES string of the molecule is CCOC(=O)CC(F)(F)C(F)(F)c1ccc(N)cc1. The van der Waals surface area contributed by atoms with E-state index in [0.717, 1.165) is 24.3 Å². The Morgan fingerprint density at radius 2 is 1.74 bits per heavy atom. The lowest BCUT2D eigenvalue weighted by molar-refractivity contribution is -0.223. The van der Waals surface area contributed by atoms with Crippen molar-refractivity contribution in [3.63, 3.8) is 0 Å². The van der Waals surface area contributed by atoms with Gasteiger partial charge in [-0.3, -0.25) is 4.79 Å². The smallest absolute Gasteiger partial charge is 0.335 e. The Hall–Kier alpha value is -1.79. The lowest BCUT2D eigenvalue weighted by Gasteiger charge is -2.26. The van der Waals surface area contributed by atoms with Crippen molar-refractivity contribution in [3.05, 3.63) is 29.8 Å². The number of carbonyl (C=O) groups is 1. The Kier molecular flexibility index (Phi) is 4.39. The van der Waals surface area contributed by atoms with Crippen molar-refractivity contribution in [2.75, 3.05) is 12.3 Å². The zero-order valence-electron chi connectivity index (χ0n) is 10.1. The maximum absolute atomic E-state index is 13.7. The summed E-state index contributed by atoms with van der Waals surface area (Å²) in [7, 11) is 0. The van der Waals surface area contributed by atoms with E-state index in [0.29, 0.717) is 0 Å². The van der Waals surface area contributed by atoms with Gasteiger partial charge < -0.3 is 10.5 Å². The molecule has 0 fully saturated rings. The first-order valence-corrected chi connectivity index (χ1v) is 5.48. The number of esters is 1. The number of benzene rings is 1.